The number of hydrogen-bond donors (Lipinski definition) is 1. The monoisotopic (exact) mass is 131 g/mol. The average Bonchev–Trinajstić information content (AvgIpc) is 1.69. The van der Waals surface area contributed by atoms with E-state index in [0.29, 0.717) is 0 Å². The molecule has 1 heterocycles. The maximum atomic E-state index is 10.1. The molecular formula is C4H4ClN2O-. The maximum absolute atomic E-state index is 10.1. The minimum absolute atomic E-state index is 0. The van der Waals surface area contributed by atoms with Crippen molar-refractivity contribution in [3.63, 3.8) is 0 Å². The molecule has 0 amide bonds. The lowest BCUT2D eigenvalue weighted by Crippen LogP contribution is -3.00. The molecule has 0 aromatic carbocycles. The van der Waals surface area contributed by atoms with Gasteiger partial charge in [0, 0.05) is 12.4 Å². The number of hydrogen-bond acceptors (Lipinski definition) is 2. The van der Waals surface area contributed by atoms with Gasteiger partial charge >= 0.3 is 5.69 Å². The number of nitrogens with one attached hydrogen (secondary N) is 1. The first-order valence-corrected chi connectivity index (χ1v) is 1.89. The first-order valence-electron chi connectivity index (χ1n) is 1.89. The Morgan fingerprint density at radius 2 is 2.38 bits per heavy atom. The fourth-order valence-electron chi connectivity index (χ4n) is 0.310. The van der Waals surface area contributed by atoms with Crippen LogP contribution in [0.4, 0.5) is 0 Å². The fourth-order valence-corrected chi connectivity index (χ4v) is 0.310. The van der Waals surface area contributed by atoms with E-state index in [1.807, 2.05) is 0 Å². The molecule has 0 radical (unpaired) electrons. The van der Waals surface area contributed by atoms with Crippen LogP contribution in [0.2, 0.25) is 0 Å². The van der Waals surface area contributed by atoms with Crippen LogP contribution >= 0.6 is 0 Å². The van der Waals surface area contributed by atoms with Gasteiger partial charge in [-0.2, -0.15) is 0 Å². The van der Waals surface area contributed by atoms with Gasteiger partial charge in [-0.05, 0) is 6.07 Å². The lowest BCUT2D eigenvalue weighted by atomic mass is 10.7. The minimum Gasteiger partial charge on any atom is -1.00 e. The Bertz CT molecular complexity index is 180. The summed E-state index contributed by atoms with van der Waals surface area (Å²) in [7, 11) is 0. The van der Waals surface area contributed by atoms with Crippen LogP contribution in [0.5, 0.6) is 0 Å². The summed E-state index contributed by atoms with van der Waals surface area (Å²) in [6.45, 7) is 0. The van der Waals surface area contributed by atoms with E-state index >= 15 is 0 Å². The molecule has 8 heavy (non-hydrogen) atoms. The smallest absolute Gasteiger partial charge is 0.344 e. The highest BCUT2D eigenvalue weighted by Gasteiger charge is 1.70. The highest BCUT2D eigenvalue weighted by molar-refractivity contribution is 4.75. The number of rotatable bonds is 0. The molecule has 0 bridgehead atoms. The third kappa shape index (κ3) is 1.75. The van der Waals surface area contributed by atoms with Crippen molar-refractivity contribution in [3.8, 4) is 0 Å². The van der Waals surface area contributed by atoms with Crippen molar-refractivity contribution in [2.24, 2.45) is 0 Å². The second-order valence-electron chi connectivity index (χ2n) is 1.09. The van der Waals surface area contributed by atoms with Crippen LogP contribution in [0, 0.1) is 0 Å². The Hall–Kier alpha value is -0.830. The standard InChI is InChI=1S/C4H4N2O.ClH/c7-4-5-2-1-3-6-4;/h1-3H,(H,5,6,7);1H/p-1. The predicted octanol–water partition coefficient (Wildman–Crippen LogP) is -3.23. The third-order valence-corrected chi connectivity index (χ3v) is 0.581. The van der Waals surface area contributed by atoms with Crippen molar-refractivity contribution >= 4 is 0 Å². The van der Waals surface area contributed by atoms with Crippen LogP contribution in [0.25, 0.3) is 0 Å². The zero-order chi connectivity index (χ0) is 5.11. The molecule has 3 nitrogen and oxygen atoms in total. The molecule has 0 atom stereocenters. The van der Waals surface area contributed by atoms with E-state index in [0.717, 1.165) is 0 Å². The Morgan fingerprint density at radius 3 is 2.62 bits per heavy atom. The Morgan fingerprint density at radius 1 is 1.62 bits per heavy atom. The second-order valence-corrected chi connectivity index (χ2v) is 1.09. The molecule has 0 saturated heterocycles. The SMILES string of the molecule is O=c1nccc[nH]1.[Cl-]. The van der Waals surface area contributed by atoms with Gasteiger partial charge in [0.25, 0.3) is 0 Å². The van der Waals surface area contributed by atoms with Gasteiger partial charge in [-0.1, -0.05) is 0 Å². The highest BCUT2D eigenvalue weighted by Crippen LogP contribution is 1.60. The topological polar surface area (TPSA) is 45.8 Å². The van der Waals surface area contributed by atoms with Gasteiger partial charge in [-0.25, -0.2) is 9.78 Å². The van der Waals surface area contributed by atoms with Crippen LogP contribution in [-0.4, -0.2) is 9.97 Å². The minimum atomic E-state index is -0.303. The summed E-state index contributed by atoms with van der Waals surface area (Å²) in [4.78, 5) is 15.8. The summed E-state index contributed by atoms with van der Waals surface area (Å²) < 4.78 is 0. The highest BCUT2D eigenvalue weighted by atomic mass is 35.5. The Balaban J connectivity index is 0.000000490. The lowest BCUT2D eigenvalue weighted by Gasteiger charge is -1.72. The van der Waals surface area contributed by atoms with Gasteiger partial charge in [-0.15, -0.1) is 0 Å². The van der Waals surface area contributed by atoms with Crippen LogP contribution < -0.4 is 18.1 Å². The summed E-state index contributed by atoms with van der Waals surface area (Å²) in [5, 5.41) is 0. The van der Waals surface area contributed by atoms with Gasteiger partial charge in [0.15, 0.2) is 0 Å². The number of nitrogens with zero attached hydrogens (tertiary/aromatic N) is 1. The van der Waals surface area contributed by atoms with Gasteiger partial charge < -0.3 is 17.4 Å². The molecule has 0 aliphatic heterocycles. The molecule has 0 fully saturated rings. The van der Waals surface area contributed by atoms with E-state index in [2.05, 4.69) is 9.97 Å². The zero-order valence-corrected chi connectivity index (χ0v) is 4.72. The van der Waals surface area contributed by atoms with E-state index in [9.17, 15) is 4.79 Å². The van der Waals surface area contributed by atoms with Crippen LogP contribution in [0.15, 0.2) is 23.3 Å². The van der Waals surface area contributed by atoms with Crippen LogP contribution in [-0.2, 0) is 0 Å². The molecule has 1 aromatic rings. The van der Waals surface area contributed by atoms with Crippen molar-refractivity contribution in [1.29, 1.82) is 0 Å². The molecule has 0 aliphatic carbocycles. The molecule has 1 rings (SSSR count). The molecular weight excluding hydrogens is 128 g/mol. The van der Waals surface area contributed by atoms with Gasteiger partial charge in [-0.3, -0.25) is 0 Å². The summed E-state index contributed by atoms with van der Waals surface area (Å²) in [6, 6.07) is 1.65. The van der Waals surface area contributed by atoms with E-state index in [-0.39, 0.29) is 18.1 Å². The van der Waals surface area contributed by atoms with Gasteiger partial charge in [0.05, 0.1) is 0 Å². The van der Waals surface area contributed by atoms with Crippen molar-refractivity contribution in [1.82, 2.24) is 9.97 Å². The average molecular weight is 132 g/mol. The predicted molar refractivity (Wildman–Crippen MR) is 24.9 cm³/mol. The molecule has 0 aliphatic rings. The maximum Gasteiger partial charge on any atom is 0.344 e. The largest absolute Gasteiger partial charge is 1.00 e. The third-order valence-electron chi connectivity index (χ3n) is 0.581. The summed E-state index contributed by atoms with van der Waals surface area (Å²) in [5.41, 5.74) is -0.303. The van der Waals surface area contributed by atoms with Crippen molar-refractivity contribution < 1.29 is 12.4 Å². The number of aromatic nitrogens is 2. The number of aromatic amines is 1. The van der Waals surface area contributed by atoms with Crippen molar-refractivity contribution in [2.45, 2.75) is 0 Å². The van der Waals surface area contributed by atoms with Crippen LogP contribution in [0.1, 0.15) is 0 Å². The van der Waals surface area contributed by atoms with Crippen molar-refractivity contribution in [2.75, 3.05) is 0 Å². The number of H-pyrrole nitrogens is 1. The fraction of sp³-hybridized carbons (Fsp3) is 0. The van der Waals surface area contributed by atoms with Gasteiger partial charge in [0.2, 0.25) is 0 Å². The molecule has 4 heteroatoms. The molecule has 0 spiro atoms. The van der Waals surface area contributed by atoms with E-state index < -0.39 is 0 Å². The molecule has 0 saturated carbocycles. The van der Waals surface area contributed by atoms with E-state index in [1.165, 1.54) is 12.4 Å². The summed E-state index contributed by atoms with van der Waals surface area (Å²) >= 11 is 0. The van der Waals surface area contributed by atoms with Crippen molar-refractivity contribution in [3.05, 3.63) is 28.9 Å². The van der Waals surface area contributed by atoms with Crippen LogP contribution in [0.3, 0.4) is 0 Å². The normalized spacial score (nSPS) is 7.50. The summed E-state index contributed by atoms with van der Waals surface area (Å²) in [6.07, 6.45) is 2.98. The first-order chi connectivity index (χ1) is 3.39. The second kappa shape index (κ2) is 3.21. The van der Waals surface area contributed by atoms with Gasteiger partial charge in [0.1, 0.15) is 0 Å². The molecule has 44 valence electrons. The van der Waals surface area contributed by atoms with E-state index in [4.69, 9.17) is 0 Å². The molecule has 1 N–H and O–H groups in total. The Labute approximate surface area is 52.2 Å². The Kier molecular flexibility index (Phi) is 2.88. The number of halogens is 1. The summed E-state index contributed by atoms with van der Waals surface area (Å²) in [5.74, 6) is 0. The first kappa shape index (κ1) is 7.17. The molecule has 0 unspecified atom stereocenters. The zero-order valence-electron chi connectivity index (χ0n) is 3.97. The lowest BCUT2D eigenvalue weighted by molar-refractivity contribution is -0.00000164. The van der Waals surface area contributed by atoms with E-state index in [1.54, 1.807) is 6.07 Å². The quantitative estimate of drug-likeness (QED) is 0.403. The molecule has 1 aromatic heterocycles.